The molecule has 2 fully saturated rings. The minimum absolute atomic E-state index is 0.0470. The molecule has 2 saturated heterocycles. The molecule has 23 heavy (non-hydrogen) atoms. The van der Waals surface area contributed by atoms with Gasteiger partial charge in [-0.2, -0.15) is 0 Å². The molecule has 0 aliphatic carbocycles. The Morgan fingerprint density at radius 3 is 2.35 bits per heavy atom. The van der Waals surface area contributed by atoms with E-state index in [0.29, 0.717) is 5.91 Å². The number of rotatable bonds is 2. The van der Waals surface area contributed by atoms with Gasteiger partial charge in [0.25, 0.3) is 0 Å². The Morgan fingerprint density at radius 2 is 1.65 bits per heavy atom. The van der Waals surface area contributed by atoms with E-state index in [1.165, 1.54) is 16.3 Å². The van der Waals surface area contributed by atoms with E-state index in [0.717, 1.165) is 45.4 Å². The molecule has 0 saturated carbocycles. The Bertz CT molecular complexity index is 731. The Hall–Kier alpha value is -1.87. The first-order valence-electron chi connectivity index (χ1n) is 8.62. The molecule has 3 nitrogen and oxygen atoms in total. The number of hydrogen-bond acceptors (Lipinski definition) is 2. The minimum atomic E-state index is -0.0470. The molecule has 0 aromatic heterocycles. The summed E-state index contributed by atoms with van der Waals surface area (Å²) in [5, 5.41) is 2.61. The van der Waals surface area contributed by atoms with Crippen LogP contribution in [0.15, 0.2) is 42.5 Å². The van der Waals surface area contributed by atoms with Gasteiger partial charge < -0.3 is 4.90 Å². The molecule has 2 aromatic rings. The van der Waals surface area contributed by atoms with Crippen LogP contribution in [0.4, 0.5) is 0 Å². The van der Waals surface area contributed by atoms with Crippen molar-refractivity contribution in [2.24, 2.45) is 5.41 Å². The van der Waals surface area contributed by atoms with E-state index in [4.69, 9.17) is 0 Å². The van der Waals surface area contributed by atoms with Crippen molar-refractivity contribution in [1.29, 1.82) is 0 Å². The van der Waals surface area contributed by atoms with Crippen LogP contribution in [0.3, 0.4) is 0 Å². The van der Waals surface area contributed by atoms with Crippen molar-refractivity contribution in [2.45, 2.75) is 25.8 Å². The summed E-state index contributed by atoms with van der Waals surface area (Å²) in [6.45, 7) is 3.99. The summed E-state index contributed by atoms with van der Waals surface area (Å²) >= 11 is 0. The third-order valence-corrected chi connectivity index (χ3v) is 5.76. The van der Waals surface area contributed by atoms with Crippen LogP contribution < -0.4 is 0 Å². The average molecular weight is 308 g/mol. The summed E-state index contributed by atoms with van der Waals surface area (Å²) in [5.74, 6) is 0.378. The topological polar surface area (TPSA) is 23.6 Å². The number of benzene rings is 2. The average Bonchev–Trinajstić information content (AvgIpc) is 2.86. The number of likely N-dealkylation sites (tertiary alicyclic amines) is 2. The molecule has 0 bridgehead atoms. The van der Waals surface area contributed by atoms with Crippen LogP contribution in [0, 0.1) is 5.41 Å². The fourth-order valence-electron chi connectivity index (χ4n) is 4.19. The molecule has 4 rings (SSSR count). The van der Waals surface area contributed by atoms with Crippen molar-refractivity contribution in [1.82, 2.24) is 9.80 Å². The van der Waals surface area contributed by atoms with Crippen molar-refractivity contribution < 1.29 is 4.79 Å². The molecule has 3 heteroatoms. The second-order valence-electron chi connectivity index (χ2n) is 7.21. The third-order valence-electron chi connectivity index (χ3n) is 5.76. The number of fused-ring (bicyclic) bond motifs is 1. The summed E-state index contributed by atoms with van der Waals surface area (Å²) in [7, 11) is 1.94. The van der Waals surface area contributed by atoms with Gasteiger partial charge in [-0.25, -0.2) is 0 Å². The van der Waals surface area contributed by atoms with Gasteiger partial charge in [0.05, 0.1) is 5.41 Å². The second kappa shape index (κ2) is 5.64. The molecule has 2 aliphatic heterocycles. The normalized spacial score (nSPS) is 21.4. The van der Waals surface area contributed by atoms with Crippen LogP contribution in [0.1, 0.15) is 24.8 Å². The molecule has 1 spiro atoms. The van der Waals surface area contributed by atoms with Crippen LogP contribution >= 0.6 is 0 Å². The summed E-state index contributed by atoms with van der Waals surface area (Å²) in [6, 6.07) is 15.3. The van der Waals surface area contributed by atoms with Crippen molar-refractivity contribution in [3.05, 3.63) is 48.0 Å². The Balaban J connectivity index is 1.43. The first kappa shape index (κ1) is 14.7. The zero-order valence-electron chi connectivity index (χ0n) is 13.8. The van der Waals surface area contributed by atoms with E-state index in [1.54, 1.807) is 0 Å². The summed E-state index contributed by atoms with van der Waals surface area (Å²) in [5.41, 5.74) is 1.32. The van der Waals surface area contributed by atoms with Crippen molar-refractivity contribution in [2.75, 3.05) is 26.7 Å². The standard InChI is InChI=1S/C20H24N2O/c1-21-11-8-20(19(21)23)9-12-22(13-10-20)15-16-6-7-17-4-2-3-5-18(17)14-16/h2-7,14H,8-13,15H2,1H3. The number of piperidine rings is 1. The lowest BCUT2D eigenvalue weighted by Gasteiger charge is -2.37. The fraction of sp³-hybridized carbons (Fsp3) is 0.450. The molecule has 2 heterocycles. The molecule has 0 atom stereocenters. The van der Waals surface area contributed by atoms with Crippen molar-refractivity contribution in [3.63, 3.8) is 0 Å². The fourth-order valence-corrected chi connectivity index (χ4v) is 4.19. The molecular formula is C20H24N2O. The Kier molecular flexibility index (Phi) is 3.61. The van der Waals surface area contributed by atoms with E-state index in [9.17, 15) is 4.79 Å². The zero-order valence-corrected chi connectivity index (χ0v) is 13.8. The number of hydrogen-bond donors (Lipinski definition) is 0. The largest absolute Gasteiger partial charge is 0.345 e. The van der Waals surface area contributed by atoms with Crippen molar-refractivity contribution >= 4 is 16.7 Å². The van der Waals surface area contributed by atoms with Gasteiger partial charge in [-0.05, 0) is 54.8 Å². The van der Waals surface area contributed by atoms with Crippen LogP contribution in [-0.4, -0.2) is 42.4 Å². The summed E-state index contributed by atoms with van der Waals surface area (Å²) in [6.07, 6.45) is 3.08. The number of carbonyl (C=O) groups excluding carboxylic acids is 1. The van der Waals surface area contributed by atoms with Gasteiger partial charge in [0.2, 0.25) is 5.91 Å². The van der Waals surface area contributed by atoms with Crippen LogP contribution in [0.2, 0.25) is 0 Å². The summed E-state index contributed by atoms with van der Waals surface area (Å²) in [4.78, 5) is 16.8. The number of carbonyl (C=O) groups is 1. The highest BCUT2D eigenvalue weighted by Gasteiger charge is 2.46. The smallest absolute Gasteiger partial charge is 0.228 e. The maximum absolute atomic E-state index is 12.4. The van der Waals surface area contributed by atoms with E-state index < -0.39 is 0 Å². The maximum atomic E-state index is 12.4. The third kappa shape index (κ3) is 2.63. The van der Waals surface area contributed by atoms with E-state index in [-0.39, 0.29) is 5.41 Å². The highest BCUT2D eigenvalue weighted by atomic mass is 16.2. The van der Waals surface area contributed by atoms with Gasteiger partial charge in [-0.3, -0.25) is 9.69 Å². The highest BCUT2D eigenvalue weighted by Crippen LogP contribution is 2.41. The van der Waals surface area contributed by atoms with Crippen LogP contribution in [0.25, 0.3) is 10.8 Å². The zero-order chi connectivity index (χ0) is 15.9. The van der Waals surface area contributed by atoms with E-state index in [2.05, 4.69) is 47.4 Å². The van der Waals surface area contributed by atoms with Crippen molar-refractivity contribution in [3.8, 4) is 0 Å². The second-order valence-corrected chi connectivity index (χ2v) is 7.21. The van der Waals surface area contributed by atoms with E-state index >= 15 is 0 Å². The predicted octanol–water partition coefficient (Wildman–Crippen LogP) is 3.28. The van der Waals surface area contributed by atoms with Gasteiger partial charge in [0.15, 0.2) is 0 Å². The molecule has 1 amide bonds. The molecule has 0 N–H and O–H groups in total. The van der Waals surface area contributed by atoms with Gasteiger partial charge >= 0.3 is 0 Å². The van der Waals surface area contributed by atoms with E-state index in [1.807, 2.05) is 11.9 Å². The van der Waals surface area contributed by atoms with Crippen LogP contribution in [0.5, 0.6) is 0 Å². The van der Waals surface area contributed by atoms with Crippen LogP contribution in [-0.2, 0) is 11.3 Å². The van der Waals surface area contributed by atoms with Gasteiger partial charge in [0.1, 0.15) is 0 Å². The Morgan fingerprint density at radius 1 is 0.957 bits per heavy atom. The van der Waals surface area contributed by atoms with Gasteiger partial charge in [0, 0.05) is 20.1 Å². The van der Waals surface area contributed by atoms with Gasteiger partial charge in [-0.1, -0.05) is 36.4 Å². The molecule has 2 aliphatic rings. The monoisotopic (exact) mass is 308 g/mol. The molecule has 0 unspecified atom stereocenters. The number of amides is 1. The first-order valence-corrected chi connectivity index (χ1v) is 8.62. The lowest BCUT2D eigenvalue weighted by Crippen LogP contribution is -2.43. The quantitative estimate of drug-likeness (QED) is 0.850. The molecule has 0 radical (unpaired) electrons. The highest BCUT2D eigenvalue weighted by molar-refractivity contribution is 5.85. The lowest BCUT2D eigenvalue weighted by atomic mass is 9.77. The maximum Gasteiger partial charge on any atom is 0.228 e. The Labute approximate surface area is 137 Å². The molecule has 120 valence electrons. The number of nitrogens with zero attached hydrogens (tertiary/aromatic N) is 2. The first-order chi connectivity index (χ1) is 11.2. The molecule has 2 aromatic carbocycles. The molecular weight excluding hydrogens is 284 g/mol. The lowest BCUT2D eigenvalue weighted by molar-refractivity contribution is -0.137. The summed E-state index contributed by atoms with van der Waals surface area (Å²) < 4.78 is 0. The predicted molar refractivity (Wildman–Crippen MR) is 93.1 cm³/mol. The van der Waals surface area contributed by atoms with Gasteiger partial charge in [-0.15, -0.1) is 0 Å². The SMILES string of the molecule is CN1CCC2(CCN(Cc3ccc4ccccc4c3)CC2)C1=O. The minimum Gasteiger partial charge on any atom is -0.345 e.